The van der Waals surface area contributed by atoms with E-state index < -0.39 is 18.0 Å². The maximum Gasteiger partial charge on any atom is 0.303 e. The molecule has 0 aliphatic carbocycles. The molecule has 2 aromatic rings. The van der Waals surface area contributed by atoms with Crippen LogP contribution in [0.2, 0.25) is 0 Å². The van der Waals surface area contributed by atoms with E-state index in [0.29, 0.717) is 5.75 Å². The van der Waals surface area contributed by atoms with Crippen LogP contribution >= 0.6 is 11.8 Å². The molecule has 4 nitrogen and oxygen atoms in total. The molecule has 0 saturated carbocycles. The van der Waals surface area contributed by atoms with Gasteiger partial charge in [0.2, 0.25) is 5.91 Å². The van der Waals surface area contributed by atoms with Gasteiger partial charge in [-0.05, 0) is 38.5 Å². The van der Waals surface area contributed by atoms with E-state index in [1.807, 2.05) is 81.4 Å². The quantitative estimate of drug-likeness (QED) is 0.558. The monoisotopic (exact) mass is 385 g/mol. The number of carbonyl (C=O) groups is 2. The number of rotatable bonds is 7. The second-order valence-corrected chi connectivity index (χ2v) is 8.50. The van der Waals surface area contributed by atoms with E-state index >= 15 is 0 Å². The highest BCUT2D eigenvalue weighted by Gasteiger charge is 2.34. The van der Waals surface area contributed by atoms with Crippen molar-refractivity contribution >= 4 is 23.6 Å². The summed E-state index contributed by atoms with van der Waals surface area (Å²) in [7, 11) is 0. The van der Waals surface area contributed by atoms with Crippen LogP contribution in [-0.2, 0) is 14.3 Å². The van der Waals surface area contributed by atoms with Gasteiger partial charge in [0.25, 0.3) is 0 Å². The van der Waals surface area contributed by atoms with Gasteiger partial charge in [0, 0.05) is 23.1 Å². The standard InChI is InChI=1S/C22H27NO3S/c1-16(24)26-20(17-11-7-5-8-12-17)19(21(25)23-22(2,3)4)15-27-18-13-9-6-10-14-18/h5-14,19-20H,15H2,1-4H3,(H,23,25)/t19-,20+/m1/s1. The van der Waals surface area contributed by atoms with Crippen molar-refractivity contribution in [2.45, 2.75) is 44.2 Å². The minimum Gasteiger partial charge on any atom is -0.457 e. The average Bonchev–Trinajstić information content (AvgIpc) is 2.61. The molecule has 2 atom stereocenters. The Bertz CT molecular complexity index is 741. The fraction of sp³-hybridized carbons (Fsp3) is 0.364. The van der Waals surface area contributed by atoms with E-state index in [9.17, 15) is 9.59 Å². The summed E-state index contributed by atoms with van der Waals surface area (Å²) >= 11 is 1.58. The summed E-state index contributed by atoms with van der Waals surface area (Å²) in [5.74, 6) is -0.539. The van der Waals surface area contributed by atoms with E-state index in [1.165, 1.54) is 6.92 Å². The molecular weight excluding hydrogens is 358 g/mol. The SMILES string of the molecule is CC(=O)O[C@@H](c1ccccc1)[C@@H](CSc1ccccc1)C(=O)NC(C)(C)C. The van der Waals surface area contributed by atoms with Gasteiger partial charge < -0.3 is 10.1 Å². The van der Waals surface area contributed by atoms with Crippen molar-refractivity contribution in [2.75, 3.05) is 5.75 Å². The Morgan fingerprint density at radius 2 is 1.56 bits per heavy atom. The van der Waals surface area contributed by atoms with Gasteiger partial charge in [-0.15, -0.1) is 11.8 Å². The van der Waals surface area contributed by atoms with Crippen molar-refractivity contribution in [1.82, 2.24) is 5.32 Å². The number of thioether (sulfide) groups is 1. The molecule has 144 valence electrons. The first-order valence-corrected chi connectivity index (χ1v) is 9.97. The first-order chi connectivity index (χ1) is 12.8. The summed E-state index contributed by atoms with van der Waals surface area (Å²) in [6.45, 7) is 7.19. The fourth-order valence-corrected chi connectivity index (χ4v) is 3.72. The van der Waals surface area contributed by atoms with Crippen molar-refractivity contribution in [3.05, 3.63) is 66.2 Å². The number of hydrogen-bond acceptors (Lipinski definition) is 4. The normalized spacial score (nSPS) is 13.5. The van der Waals surface area contributed by atoms with Crippen molar-refractivity contribution in [1.29, 1.82) is 0 Å². The van der Waals surface area contributed by atoms with Gasteiger partial charge in [-0.25, -0.2) is 0 Å². The van der Waals surface area contributed by atoms with E-state index in [2.05, 4.69) is 5.32 Å². The van der Waals surface area contributed by atoms with Crippen molar-refractivity contribution in [2.24, 2.45) is 5.92 Å². The number of carbonyl (C=O) groups excluding carboxylic acids is 2. The summed E-state index contributed by atoms with van der Waals surface area (Å²) in [5.41, 5.74) is 0.444. The molecule has 0 saturated heterocycles. The van der Waals surface area contributed by atoms with Crippen LogP contribution in [0, 0.1) is 5.92 Å². The average molecular weight is 386 g/mol. The molecule has 0 fully saturated rings. The molecule has 1 N–H and O–H groups in total. The van der Waals surface area contributed by atoms with Gasteiger partial charge in [-0.3, -0.25) is 9.59 Å². The minimum atomic E-state index is -0.637. The molecule has 2 rings (SSSR count). The molecule has 0 aromatic heterocycles. The molecule has 1 amide bonds. The van der Waals surface area contributed by atoms with Gasteiger partial charge in [0.15, 0.2) is 0 Å². The second-order valence-electron chi connectivity index (χ2n) is 7.41. The zero-order valence-electron chi connectivity index (χ0n) is 16.3. The van der Waals surface area contributed by atoms with Crippen LogP contribution in [0.3, 0.4) is 0 Å². The molecule has 0 bridgehead atoms. The number of benzene rings is 2. The van der Waals surface area contributed by atoms with Gasteiger partial charge in [-0.2, -0.15) is 0 Å². The van der Waals surface area contributed by atoms with Crippen LogP contribution in [0.15, 0.2) is 65.6 Å². The van der Waals surface area contributed by atoms with Crippen molar-refractivity contribution in [3.8, 4) is 0 Å². The van der Waals surface area contributed by atoms with Crippen LogP contribution in [0.4, 0.5) is 0 Å². The molecule has 0 heterocycles. The van der Waals surface area contributed by atoms with Crippen molar-refractivity contribution < 1.29 is 14.3 Å². The molecule has 5 heteroatoms. The molecule has 0 aliphatic rings. The lowest BCUT2D eigenvalue weighted by Crippen LogP contribution is -2.46. The largest absolute Gasteiger partial charge is 0.457 e. The minimum absolute atomic E-state index is 0.124. The lowest BCUT2D eigenvalue weighted by atomic mass is 9.95. The Balaban J connectivity index is 2.31. The first-order valence-electron chi connectivity index (χ1n) is 8.98. The van der Waals surface area contributed by atoms with Crippen LogP contribution < -0.4 is 5.32 Å². The third-order valence-electron chi connectivity index (χ3n) is 3.79. The Morgan fingerprint density at radius 3 is 2.07 bits per heavy atom. The molecule has 0 radical (unpaired) electrons. The zero-order valence-corrected chi connectivity index (χ0v) is 17.1. The van der Waals surface area contributed by atoms with Crippen LogP contribution in [0.25, 0.3) is 0 Å². The highest BCUT2D eigenvalue weighted by Crippen LogP contribution is 2.32. The van der Waals surface area contributed by atoms with E-state index in [1.54, 1.807) is 11.8 Å². The Morgan fingerprint density at radius 1 is 1.00 bits per heavy atom. The Kier molecular flexibility index (Phi) is 7.48. The molecule has 0 unspecified atom stereocenters. The summed E-state index contributed by atoms with van der Waals surface area (Å²) in [6.07, 6.45) is -0.637. The summed E-state index contributed by atoms with van der Waals surface area (Å²) in [6, 6.07) is 19.3. The van der Waals surface area contributed by atoms with E-state index in [4.69, 9.17) is 4.74 Å². The van der Waals surface area contributed by atoms with Gasteiger partial charge in [0.05, 0.1) is 5.92 Å². The lowest BCUT2D eigenvalue weighted by Gasteiger charge is -2.30. The van der Waals surface area contributed by atoms with E-state index in [-0.39, 0.29) is 11.4 Å². The second kappa shape index (κ2) is 9.60. The predicted octanol–water partition coefficient (Wildman–Crippen LogP) is 4.61. The van der Waals surface area contributed by atoms with Crippen LogP contribution in [-0.4, -0.2) is 23.2 Å². The van der Waals surface area contributed by atoms with Crippen molar-refractivity contribution in [3.63, 3.8) is 0 Å². The number of hydrogen-bond donors (Lipinski definition) is 1. The summed E-state index contributed by atoms with van der Waals surface area (Å²) in [5, 5.41) is 3.04. The summed E-state index contributed by atoms with van der Waals surface area (Å²) < 4.78 is 5.61. The van der Waals surface area contributed by atoms with Gasteiger partial charge >= 0.3 is 5.97 Å². The van der Waals surface area contributed by atoms with Crippen LogP contribution in [0.5, 0.6) is 0 Å². The smallest absolute Gasteiger partial charge is 0.303 e. The van der Waals surface area contributed by atoms with Crippen LogP contribution in [0.1, 0.15) is 39.4 Å². The van der Waals surface area contributed by atoms with E-state index in [0.717, 1.165) is 10.5 Å². The highest BCUT2D eigenvalue weighted by molar-refractivity contribution is 7.99. The van der Waals surface area contributed by atoms with Gasteiger partial charge in [0.1, 0.15) is 6.10 Å². The fourth-order valence-electron chi connectivity index (χ4n) is 2.67. The Labute approximate surface area is 165 Å². The maximum absolute atomic E-state index is 13.1. The molecular formula is C22H27NO3S. The van der Waals surface area contributed by atoms with Gasteiger partial charge in [-0.1, -0.05) is 48.5 Å². The molecule has 2 aromatic carbocycles. The maximum atomic E-state index is 13.1. The highest BCUT2D eigenvalue weighted by atomic mass is 32.2. The molecule has 0 aliphatic heterocycles. The third kappa shape index (κ3) is 7.10. The third-order valence-corrected chi connectivity index (χ3v) is 4.93. The molecule has 0 spiro atoms. The zero-order chi connectivity index (χ0) is 19.9. The predicted molar refractivity (Wildman–Crippen MR) is 110 cm³/mol. The first kappa shape index (κ1) is 21.0. The number of ether oxygens (including phenoxy) is 1. The topological polar surface area (TPSA) is 55.4 Å². The summed E-state index contributed by atoms with van der Waals surface area (Å²) in [4.78, 5) is 25.9. The Hall–Kier alpha value is -2.27. The number of amides is 1. The number of esters is 1. The lowest BCUT2D eigenvalue weighted by molar-refractivity contribution is -0.151. The molecule has 27 heavy (non-hydrogen) atoms. The number of nitrogens with one attached hydrogen (secondary N) is 1.